The van der Waals surface area contributed by atoms with Crippen molar-refractivity contribution in [3.05, 3.63) is 246 Å². The van der Waals surface area contributed by atoms with Crippen LogP contribution in [0.2, 0.25) is 0 Å². The molecule has 274 valence electrons. The minimum Gasteiger partial charge on any atom is -0.455 e. The highest BCUT2D eigenvalue weighted by atomic mass is 16.3. The van der Waals surface area contributed by atoms with E-state index in [4.69, 9.17) is 4.42 Å². The summed E-state index contributed by atoms with van der Waals surface area (Å²) < 4.78 is 6.47. The number of benzene rings is 9. The largest absolute Gasteiger partial charge is 0.455 e. The van der Waals surface area contributed by atoms with Gasteiger partial charge in [0.25, 0.3) is 0 Å². The third-order valence-corrected chi connectivity index (χ3v) is 12.1. The van der Waals surface area contributed by atoms with Crippen LogP contribution < -0.4 is 4.90 Å². The summed E-state index contributed by atoms with van der Waals surface area (Å²) in [7, 11) is 0. The molecule has 1 aliphatic carbocycles. The van der Waals surface area contributed by atoms with Crippen LogP contribution in [0.4, 0.5) is 17.1 Å². The van der Waals surface area contributed by atoms with Gasteiger partial charge in [0.15, 0.2) is 0 Å². The lowest BCUT2D eigenvalue weighted by Crippen LogP contribution is -2.28. The van der Waals surface area contributed by atoms with Crippen molar-refractivity contribution < 1.29 is 4.42 Å². The predicted octanol–water partition coefficient (Wildman–Crippen LogP) is 15.1. The molecule has 0 aliphatic heterocycles. The maximum absolute atomic E-state index is 6.47. The zero-order valence-electron chi connectivity index (χ0n) is 32.1. The van der Waals surface area contributed by atoms with Gasteiger partial charge in [-0.05, 0) is 105 Å². The van der Waals surface area contributed by atoms with Crippen LogP contribution in [0.25, 0.3) is 55.3 Å². The summed E-state index contributed by atoms with van der Waals surface area (Å²) in [5.41, 5.74) is 18.1. The molecule has 0 saturated heterocycles. The van der Waals surface area contributed by atoms with Crippen LogP contribution in [0.5, 0.6) is 0 Å². The first-order chi connectivity index (χ1) is 28.7. The SMILES string of the molecule is Cc1cc(-c2ccccc2)ccc1N(c1ccc(-c2cccc3c2oc2ccccc23)cc1)c1ccc2c(c1)C(c1ccccc1)(c1ccccc1)c1ccccc1-2. The van der Waals surface area contributed by atoms with Gasteiger partial charge in [0.05, 0.1) is 5.41 Å². The van der Waals surface area contributed by atoms with Crippen molar-refractivity contribution >= 4 is 39.0 Å². The highest BCUT2D eigenvalue weighted by Gasteiger charge is 2.46. The number of furan rings is 1. The summed E-state index contributed by atoms with van der Waals surface area (Å²) in [6.45, 7) is 2.23. The van der Waals surface area contributed by atoms with E-state index >= 15 is 0 Å². The van der Waals surface area contributed by atoms with E-state index in [2.05, 4.69) is 218 Å². The topological polar surface area (TPSA) is 16.4 Å². The number of nitrogens with zero attached hydrogens (tertiary/aromatic N) is 1. The van der Waals surface area contributed by atoms with E-state index in [1.807, 2.05) is 12.1 Å². The third kappa shape index (κ3) is 5.26. The number of para-hydroxylation sites is 2. The molecule has 0 spiro atoms. The van der Waals surface area contributed by atoms with Crippen LogP contribution in [-0.2, 0) is 5.41 Å². The van der Waals surface area contributed by atoms with Gasteiger partial charge in [0.2, 0.25) is 0 Å². The standard InChI is InChI=1S/C56H39NO/c1-38-36-41(39-16-5-2-6-17-39)30-35-53(38)57(44-31-28-40(29-32-44)46-24-15-25-50-49-23-12-14-27-54(49)58-55(46)50)45-33-34-48-47-22-11-13-26-51(47)56(52(48)37-45,42-18-7-3-8-19-42)43-20-9-4-10-21-43/h2-37H,1H3. The number of hydrogen-bond acceptors (Lipinski definition) is 2. The maximum Gasteiger partial charge on any atom is 0.143 e. The molecule has 2 nitrogen and oxygen atoms in total. The lowest BCUT2D eigenvalue weighted by atomic mass is 9.67. The number of fused-ring (bicyclic) bond motifs is 6. The van der Waals surface area contributed by atoms with Gasteiger partial charge >= 0.3 is 0 Å². The Morgan fingerprint density at radius 2 is 0.983 bits per heavy atom. The minimum absolute atomic E-state index is 0.503. The number of hydrogen-bond donors (Lipinski definition) is 0. The number of aryl methyl sites for hydroxylation is 1. The van der Waals surface area contributed by atoms with Crippen LogP contribution in [0.15, 0.2) is 223 Å². The summed E-state index contributed by atoms with van der Waals surface area (Å²) in [6.07, 6.45) is 0. The molecule has 0 amide bonds. The Hall–Kier alpha value is -7.42. The first kappa shape index (κ1) is 33.9. The van der Waals surface area contributed by atoms with Crippen molar-refractivity contribution in [2.45, 2.75) is 12.3 Å². The van der Waals surface area contributed by atoms with Crippen molar-refractivity contribution in [3.8, 4) is 33.4 Å². The van der Waals surface area contributed by atoms with Gasteiger partial charge in [-0.15, -0.1) is 0 Å². The van der Waals surface area contributed by atoms with Gasteiger partial charge in [0.1, 0.15) is 11.2 Å². The van der Waals surface area contributed by atoms with Gasteiger partial charge < -0.3 is 9.32 Å². The van der Waals surface area contributed by atoms with Gasteiger partial charge in [-0.2, -0.15) is 0 Å². The van der Waals surface area contributed by atoms with Crippen molar-refractivity contribution in [2.24, 2.45) is 0 Å². The zero-order chi connectivity index (χ0) is 38.6. The Kier molecular flexibility index (Phi) is 7.97. The maximum atomic E-state index is 6.47. The average Bonchev–Trinajstić information content (AvgIpc) is 3.82. The fraction of sp³-hybridized carbons (Fsp3) is 0.0357. The summed E-state index contributed by atoms with van der Waals surface area (Å²) in [5, 5.41) is 2.27. The molecular formula is C56H39NO. The Balaban J connectivity index is 1.12. The van der Waals surface area contributed by atoms with Gasteiger partial charge in [-0.3, -0.25) is 0 Å². The van der Waals surface area contributed by atoms with E-state index in [0.29, 0.717) is 0 Å². The molecule has 0 unspecified atom stereocenters. The van der Waals surface area contributed by atoms with Crippen LogP contribution in [0.3, 0.4) is 0 Å². The molecule has 0 bridgehead atoms. The van der Waals surface area contributed by atoms with Crippen molar-refractivity contribution in [1.82, 2.24) is 0 Å². The molecule has 2 heteroatoms. The molecule has 9 aromatic carbocycles. The monoisotopic (exact) mass is 741 g/mol. The minimum atomic E-state index is -0.503. The lowest BCUT2D eigenvalue weighted by molar-refractivity contribution is 0.670. The second-order valence-electron chi connectivity index (χ2n) is 15.3. The molecule has 58 heavy (non-hydrogen) atoms. The smallest absolute Gasteiger partial charge is 0.143 e. The summed E-state index contributed by atoms with van der Waals surface area (Å²) in [4.78, 5) is 2.43. The van der Waals surface area contributed by atoms with Crippen LogP contribution >= 0.6 is 0 Å². The molecule has 0 saturated carbocycles. The second kappa shape index (κ2) is 13.7. The molecular weight excluding hydrogens is 703 g/mol. The van der Waals surface area contributed by atoms with Crippen LogP contribution in [0.1, 0.15) is 27.8 Å². The predicted molar refractivity (Wildman–Crippen MR) is 241 cm³/mol. The fourth-order valence-electron chi connectivity index (χ4n) is 9.48. The van der Waals surface area contributed by atoms with Crippen molar-refractivity contribution in [2.75, 3.05) is 4.90 Å². The second-order valence-corrected chi connectivity index (χ2v) is 15.3. The van der Waals surface area contributed by atoms with Crippen LogP contribution in [0, 0.1) is 6.92 Å². The molecule has 11 rings (SSSR count). The quantitative estimate of drug-likeness (QED) is 0.162. The molecule has 0 radical (unpaired) electrons. The van der Waals surface area contributed by atoms with Crippen LogP contribution in [-0.4, -0.2) is 0 Å². The Bertz CT molecular complexity index is 3070. The van der Waals surface area contributed by atoms with E-state index in [-0.39, 0.29) is 0 Å². The first-order valence-corrected chi connectivity index (χ1v) is 20.0. The molecule has 0 fully saturated rings. The fourth-order valence-corrected chi connectivity index (χ4v) is 9.48. The van der Waals surface area contributed by atoms with Crippen molar-refractivity contribution in [3.63, 3.8) is 0 Å². The average molecular weight is 742 g/mol. The first-order valence-electron chi connectivity index (χ1n) is 20.0. The summed E-state index contributed by atoms with van der Waals surface area (Å²) in [5.74, 6) is 0. The van der Waals surface area contributed by atoms with E-state index in [1.165, 1.54) is 50.1 Å². The Morgan fingerprint density at radius 1 is 0.397 bits per heavy atom. The zero-order valence-corrected chi connectivity index (χ0v) is 32.1. The van der Waals surface area contributed by atoms with Gasteiger partial charge in [-0.25, -0.2) is 0 Å². The van der Waals surface area contributed by atoms with Gasteiger partial charge in [-0.1, -0.05) is 176 Å². The van der Waals surface area contributed by atoms with E-state index in [1.54, 1.807) is 0 Å². The van der Waals surface area contributed by atoms with E-state index < -0.39 is 5.41 Å². The molecule has 1 aliphatic rings. The van der Waals surface area contributed by atoms with Crippen molar-refractivity contribution in [1.29, 1.82) is 0 Å². The van der Waals surface area contributed by atoms with E-state index in [0.717, 1.165) is 50.1 Å². The Labute approximate surface area is 338 Å². The van der Waals surface area contributed by atoms with Gasteiger partial charge in [0, 0.05) is 33.4 Å². The lowest BCUT2D eigenvalue weighted by Gasteiger charge is -2.35. The molecule has 0 N–H and O–H groups in total. The normalized spacial score (nSPS) is 12.7. The van der Waals surface area contributed by atoms with E-state index in [9.17, 15) is 0 Å². The molecule has 0 atom stereocenters. The highest BCUT2D eigenvalue weighted by molar-refractivity contribution is 6.09. The molecule has 1 heterocycles. The number of anilines is 3. The molecule has 1 aromatic heterocycles. The highest BCUT2D eigenvalue weighted by Crippen LogP contribution is 2.57. The third-order valence-electron chi connectivity index (χ3n) is 12.1. The summed E-state index contributed by atoms with van der Waals surface area (Å²) >= 11 is 0. The molecule has 10 aromatic rings. The Morgan fingerprint density at radius 3 is 1.72 bits per heavy atom. The number of rotatable bonds is 7. The summed E-state index contributed by atoms with van der Waals surface area (Å²) in [6, 6.07) is 79.3.